The van der Waals surface area contributed by atoms with Crippen molar-refractivity contribution in [1.29, 1.82) is 0 Å². The van der Waals surface area contributed by atoms with Crippen molar-refractivity contribution in [2.24, 2.45) is 0 Å². The number of hydrogen-bond acceptors (Lipinski definition) is 6. The lowest BCUT2D eigenvalue weighted by molar-refractivity contribution is -0.117. The van der Waals surface area contributed by atoms with Crippen LogP contribution in [0.4, 0.5) is 5.00 Å². The van der Waals surface area contributed by atoms with E-state index < -0.39 is 0 Å². The number of nitrogens with one attached hydrogen (secondary N) is 2. The number of esters is 1. The van der Waals surface area contributed by atoms with Crippen molar-refractivity contribution >= 4 is 28.2 Å². The molecule has 2 heterocycles. The van der Waals surface area contributed by atoms with Crippen molar-refractivity contribution in [3.63, 3.8) is 0 Å². The molecular formula is C17H27N3O3S. The molecule has 0 unspecified atom stereocenters. The Morgan fingerprint density at radius 2 is 2.08 bits per heavy atom. The van der Waals surface area contributed by atoms with Gasteiger partial charge in [-0.3, -0.25) is 9.69 Å². The minimum atomic E-state index is -0.354. The Morgan fingerprint density at radius 1 is 1.29 bits per heavy atom. The van der Waals surface area contributed by atoms with Crippen LogP contribution in [0.3, 0.4) is 0 Å². The summed E-state index contributed by atoms with van der Waals surface area (Å²) in [6.45, 7) is 10.1. The van der Waals surface area contributed by atoms with Crippen molar-refractivity contribution in [2.75, 3.05) is 44.6 Å². The third kappa shape index (κ3) is 4.78. The van der Waals surface area contributed by atoms with E-state index in [1.165, 1.54) is 11.3 Å². The first-order valence-corrected chi connectivity index (χ1v) is 9.40. The Bertz CT molecular complexity index is 578. The third-order valence-corrected chi connectivity index (χ3v) is 5.16. The van der Waals surface area contributed by atoms with Crippen molar-refractivity contribution in [3.05, 3.63) is 16.0 Å². The van der Waals surface area contributed by atoms with E-state index in [0.717, 1.165) is 49.5 Å². The largest absolute Gasteiger partial charge is 0.462 e. The second kappa shape index (κ2) is 9.15. The Balaban J connectivity index is 2.10. The molecule has 0 radical (unpaired) electrons. The summed E-state index contributed by atoms with van der Waals surface area (Å²) in [5, 5.41) is 6.87. The molecule has 2 rings (SSSR count). The first-order chi connectivity index (χ1) is 11.6. The molecule has 1 aliphatic rings. The highest BCUT2D eigenvalue weighted by Gasteiger charge is 2.24. The molecular weight excluding hydrogens is 326 g/mol. The lowest BCUT2D eigenvalue weighted by atomic mass is 10.1. The van der Waals surface area contributed by atoms with Gasteiger partial charge in [-0.15, -0.1) is 11.3 Å². The fourth-order valence-electron chi connectivity index (χ4n) is 2.94. The molecule has 0 saturated carbocycles. The normalized spacial score (nSPS) is 15.8. The summed E-state index contributed by atoms with van der Waals surface area (Å²) < 4.78 is 5.17. The Labute approximate surface area is 147 Å². The van der Waals surface area contributed by atoms with Crippen LogP contribution in [0.25, 0.3) is 0 Å². The molecule has 0 atom stereocenters. The SMILES string of the molecule is CCOC(=O)c1c(NC(=O)CN2CCCNCC2)sc(C)c1CC. The first kappa shape index (κ1) is 18.9. The van der Waals surface area contributed by atoms with Gasteiger partial charge in [0.05, 0.1) is 18.7 Å². The van der Waals surface area contributed by atoms with E-state index >= 15 is 0 Å². The molecule has 0 aromatic carbocycles. The van der Waals surface area contributed by atoms with E-state index in [1.54, 1.807) is 6.92 Å². The van der Waals surface area contributed by atoms with Gasteiger partial charge in [-0.2, -0.15) is 0 Å². The second-order valence-electron chi connectivity index (χ2n) is 5.84. The first-order valence-electron chi connectivity index (χ1n) is 8.59. The van der Waals surface area contributed by atoms with Gasteiger partial charge < -0.3 is 15.4 Å². The van der Waals surface area contributed by atoms with Crippen molar-refractivity contribution in [2.45, 2.75) is 33.6 Å². The van der Waals surface area contributed by atoms with Crippen molar-refractivity contribution < 1.29 is 14.3 Å². The molecule has 6 nitrogen and oxygen atoms in total. The maximum absolute atomic E-state index is 12.4. The molecule has 0 bridgehead atoms. The fourth-order valence-corrected chi connectivity index (χ4v) is 4.09. The van der Waals surface area contributed by atoms with Crippen LogP contribution in [0.15, 0.2) is 0 Å². The molecule has 2 N–H and O–H groups in total. The van der Waals surface area contributed by atoms with Crippen LogP contribution in [0, 0.1) is 6.92 Å². The highest BCUT2D eigenvalue weighted by atomic mass is 32.1. The van der Waals surface area contributed by atoms with Gasteiger partial charge in [-0.1, -0.05) is 6.92 Å². The lowest BCUT2D eigenvalue weighted by Gasteiger charge is -2.18. The second-order valence-corrected chi connectivity index (χ2v) is 7.07. The van der Waals surface area contributed by atoms with Crippen LogP contribution in [0.2, 0.25) is 0 Å². The van der Waals surface area contributed by atoms with Gasteiger partial charge in [0.1, 0.15) is 5.00 Å². The van der Waals surface area contributed by atoms with Crippen molar-refractivity contribution in [3.8, 4) is 0 Å². The summed E-state index contributed by atoms with van der Waals surface area (Å²) in [5.41, 5.74) is 1.49. The van der Waals surface area contributed by atoms with Crippen molar-refractivity contribution in [1.82, 2.24) is 10.2 Å². The third-order valence-electron chi connectivity index (χ3n) is 4.09. The minimum absolute atomic E-state index is 0.0775. The minimum Gasteiger partial charge on any atom is -0.462 e. The molecule has 1 amide bonds. The monoisotopic (exact) mass is 353 g/mol. The lowest BCUT2D eigenvalue weighted by Crippen LogP contribution is -2.35. The molecule has 1 saturated heterocycles. The standard InChI is InChI=1S/C17H27N3O3S/c1-4-13-12(3)24-16(15(13)17(22)23-5-2)19-14(21)11-20-9-6-7-18-8-10-20/h18H,4-11H2,1-3H3,(H,19,21). The van der Waals surface area contributed by atoms with Gasteiger partial charge in [0.25, 0.3) is 0 Å². The summed E-state index contributed by atoms with van der Waals surface area (Å²) in [4.78, 5) is 27.9. The number of anilines is 1. The van der Waals surface area contributed by atoms with Gasteiger partial charge in [0.2, 0.25) is 5.91 Å². The quantitative estimate of drug-likeness (QED) is 0.766. The molecule has 1 aromatic heterocycles. The zero-order valence-corrected chi connectivity index (χ0v) is 15.6. The van der Waals surface area contributed by atoms with E-state index in [4.69, 9.17) is 4.74 Å². The van der Waals surface area contributed by atoms with Crippen LogP contribution in [-0.2, 0) is 16.0 Å². The van der Waals surface area contributed by atoms with E-state index in [2.05, 4.69) is 15.5 Å². The Hall–Kier alpha value is -1.44. The van der Waals surface area contributed by atoms with E-state index in [-0.39, 0.29) is 11.9 Å². The number of amides is 1. The molecule has 134 valence electrons. The maximum atomic E-state index is 12.4. The molecule has 0 spiro atoms. The highest BCUT2D eigenvalue weighted by molar-refractivity contribution is 7.16. The summed E-state index contributed by atoms with van der Waals surface area (Å²) in [6, 6.07) is 0. The number of nitrogens with zero attached hydrogens (tertiary/aromatic N) is 1. The van der Waals surface area contributed by atoms with Gasteiger partial charge in [0.15, 0.2) is 0 Å². The average molecular weight is 353 g/mol. The highest BCUT2D eigenvalue weighted by Crippen LogP contribution is 2.34. The van der Waals surface area contributed by atoms with Gasteiger partial charge in [-0.05, 0) is 45.3 Å². The Morgan fingerprint density at radius 3 is 2.79 bits per heavy atom. The van der Waals surface area contributed by atoms with E-state index in [1.807, 2.05) is 13.8 Å². The van der Waals surface area contributed by atoms with Crippen LogP contribution in [0.1, 0.15) is 41.1 Å². The number of carbonyl (C=O) groups excluding carboxylic acids is 2. The number of hydrogen-bond donors (Lipinski definition) is 2. The zero-order chi connectivity index (χ0) is 17.5. The van der Waals surface area contributed by atoms with E-state index in [9.17, 15) is 9.59 Å². The van der Waals surface area contributed by atoms with Gasteiger partial charge >= 0.3 is 5.97 Å². The topological polar surface area (TPSA) is 70.7 Å². The fraction of sp³-hybridized carbons (Fsp3) is 0.647. The number of carbonyl (C=O) groups is 2. The van der Waals surface area contributed by atoms with Gasteiger partial charge in [-0.25, -0.2) is 4.79 Å². The molecule has 24 heavy (non-hydrogen) atoms. The number of aryl methyl sites for hydroxylation is 1. The van der Waals surface area contributed by atoms with Gasteiger partial charge in [0, 0.05) is 18.0 Å². The van der Waals surface area contributed by atoms with Crippen LogP contribution in [-0.4, -0.2) is 56.1 Å². The molecule has 1 aromatic rings. The van der Waals surface area contributed by atoms with Crippen LogP contribution < -0.4 is 10.6 Å². The predicted molar refractivity (Wildman–Crippen MR) is 96.9 cm³/mol. The maximum Gasteiger partial charge on any atom is 0.341 e. The zero-order valence-electron chi connectivity index (χ0n) is 14.7. The number of ether oxygens (including phenoxy) is 1. The van der Waals surface area contributed by atoms with Crippen LogP contribution >= 0.6 is 11.3 Å². The molecule has 1 fully saturated rings. The molecule has 1 aliphatic heterocycles. The predicted octanol–water partition coefficient (Wildman–Crippen LogP) is 2.03. The average Bonchev–Trinajstić information content (AvgIpc) is 2.70. The number of thiophene rings is 1. The number of rotatable bonds is 6. The molecule has 0 aliphatic carbocycles. The smallest absolute Gasteiger partial charge is 0.341 e. The summed E-state index contributed by atoms with van der Waals surface area (Å²) in [6.07, 6.45) is 1.78. The Kier molecular flexibility index (Phi) is 7.20. The van der Waals surface area contributed by atoms with E-state index in [0.29, 0.717) is 23.7 Å². The van der Waals surface area contributed by atoms with Crippen LogP contribution in [0.5, 0.6) is 0 Å². The summed E-state index contributed by atoms with van der Waals surface area (Å²) >= 11 is 1.45. The summed E-state index contributed by atoms with van der Waals surface area (Å²) in [5.74, 6) is -0.431. The molecule has 7 heteroatoms. The summed E-state index contributed by atoms with van der Waals surface area (Å²) in [7, 11) is 0.